The van der Waals surface area contributed by atoms with E-state index in [4.69, 9.17) is 15.3 Å². The van der Waals surface area contributed by atoms with Crippen LogP contribution in [-0.2, 0) is 4.79 Å². The lowest BCUT2D eigenvalue weighted by molar-refractivity contribution is -0.734. The number of nitroso groups, excluding NO2 is 1. The summed E-state index contributed by atoms with van der Waals surface area (Å²) in [7, 11) is 0. The standard InChI is InChI=1S/C8H16N3O5/c12-4-1-7-8(15)9(2-5-13)10(3-6-14)11(7)16/h7,12-14H,1-6H2/q+1. The second-order valence-electron chi connectivity index (χ2n) is 3.34. The topological polar surface area (TPSA) is 104 Å². The zero-order valence-electron chi connectivity index (χ0n) is 8.82. The first-order valence-corrected chi connectivity index (χ1v) is 5.05. The SMILES string of the molecule is O=C1C(CCO)[N+](=O)N(CCO)N1CCO. The van der Waals surface area contributed by atoms with Crippen molar-refractivity contribution in [3.63, 3.8) is 0 Å². The second-order valence-corrected chi connectivity index (χ2v) is 3.34. The molecular formula is C8H16N3O5+. The van der Waals surface area contributed by atoms with Crippen molar-refractivity contribution in [2.75, 3.05) is 32.9 Å². The highest BCUT2D eigenvalue weighted by molar-refractivity contribution is 5.81. The molecule has 0 saturated carbocycles. The smallest absolute Gasteiger partial charge is 0.322 e. The lowest BCUT2D eigenvalue weighted by Crippen LogP contribution is -2.44. The van der Waals surface area contributed by atoms with Gasteiger partial charge in [-0.1, -0.05) is 0 Å². The van der Waals surface area contributed by atoms with Crippen molar-refractivity contribution in [1.82, 2.24) is 10.1 Å². The van der Waals surface area contributed by atoms with E-state index in [-0.39, 0.29) is 39.3 Å². The summed E-state index contributed by atoms with van der Waals surface area (Å²) in [6.07, 6.45) is 0.0339. The van der Waals surface area contributed by atoms with Crippen LogP contribution in [0.3, 0.4) is 0 Å². The van der Waals surface area contributed by atoms with E-state index in [2.05, 4.69) is 0 Å². The summed E-state index contributed by atoms with van der Waals surface area (Å²) in [5.41, 5.74) is 0. The van der Waals surface area contributed by atoms with Gasteiger partial charge in [-0.2, -0.15) is 5.01 Å². The predicted molar refractivity (Wildman–Crippen MR) is 51.7 cm³/mol. The van der Waals surface area contributed by atoms with Crippen molar-refractivity contribution < 1.29 is 25.0 Å². The Kier molecular flexibility index (Phi) is 4.59. The average molecular weight is 234 g/mol. The van der Waals surface area contributed by atoms with Gasteiger partial charge in [0.25, 0.3) is 0 Å². The van der Waals surface area contributed by atoms with Crippen molar-refractivity contribution in [2.45, 2.75) is 12.5 Å². The Hall–Kier alpha value is -1.25. The van der Waals surface area contributed by atoms with E-state index in [0.717, 1.165) is 10.1 Å². The molecule has 1 aliphatic rings. The average Bonchev–Trinajstić information content (AvgIpc) is 2.47. The number of nitrogens with zero attached hydrogens (tertiary/aromatic N) is 3. The highest BCUT2D eigenvalue weighted by Crippen LogP contribution is 2.17. The van der Waals surface area contributed by atoms with Crippen molar-refractivity contribution in [1.29, 1.82) is 0 Å². The first kappa shape index (κ1) is 12.8. The molecular weight excluding hydrogens is 218 g/mol. The number of aliphatic hydroxyl groups excluding tert-OH is 3. The van der Waals surface area contributed by atoms with Crippen molar-refractivity contribution in [3.8, 4) is 0 Å². The van der Waals surface area contributed by atoms with Crippen LogP contribution in [-0.4, -0.2) is 75.2 Å². The quantitative estimate of drug-likeness (QED) is 0.438. The zero-order valence-corrected chi connectivity index (χ0v) is 8.82. The third kappa shape index (κ3) is 2.29. The summed E-state index contributed by atoms with van der Waals surface area (Å²) in [5.74, 6) is -0.466. The predicted octanol–water partition coefficient (Wildman–Crippen LogP) is -2.52. The number of β-amino-alcohol motifs (C(OH)–C–C–N with tert-alkyl or cyclic N) is 2. The van der Waals surface area contributed by atoms with Crippen molar-refractivity contribution in [2.24, 2.45) is 0 Å². The van der Waals surface area contributed by atoms with Crippen LogP contribution in [0.2, 0.25) is 0 Å². The Morgan fingerprint density at radius 1 is 1.12 bits per heavy atom. The first-order chi connectivity index (χ1) is 7.67. The molecule has 0 radical (unpaired) electrons. The van der Waals surface area contributed by atoms with Crippen LogP contribution < -0.4 is 0 Å². The molecule has 8 heteroatoms. The van der Waals surface area contributed by atoms with Crippen LogP contribution in [0.25, 0.3) is 0 Å². The lowest BCUT2D eigenvalue weighted by Gasteiger charge is -2.17. The molecule has 92 valence electrons. The molecule has 8 nitrogen and oxygen atoms in total. The highest BCUT2D eigenvalue weighted by atomic mass is 16.4. The molecule has 1 heterocycles. The summed E-state index contributed by atoms with van der Waals surface area (Å²) in [4.78, 5) is 23.8. The molecule has 1 atom stereocenters. The van der Waals surface area contributed by atoms with Gasteiger partial charge in [0.1, 0.15) is 6.54 Å². The van der Waals surface area contributed by atoms with Crippen molar-refractivity contribution in [3.05, 3.63) is 4.91 Å². The van der Waals surface area contributed by atoms with Gasteiger partial charge in [0, 0.05) is 0 Å². The zero-order chi connectivity index (χ0) is 12.1. The molecule has 16 heavy (non-hydrogen) atoms. The Morgan fingerprint density at radius 2 is 1.75 bits per heavy atom. The Morgan fingerprint density at radius 3 is 2.25 bits per heavy atom. The van der Waals surface area contributed by atoms with Gasteiger partial charge in [-0.15, -0.1) is 0 Å². The fourth-order valence-electron chi connectivity index (χ4n) is 1.63. The summed E-state index contributed by atoms with van der Waals surface area (Å²) in [5, 5.41) is 28.4. The maximum absolute atomic E-state index is 11.7. The van der Waals surface area contributed by atoms with Crippen LogP contribution in [0.15, 0.2) is 0 Å². The number of amides is 1. The van der Waals surface area contributed by atoms with Crippen LogP contribution >= 0.6 is 0 Å². The van der Waals surface area contributed by atoms with E-state index in [0.29, 0.717) is 4.87 Å². The largest absolute Gasteiger partial charge is 0.396 e. The van der Waals surface area contributed by atoms with Crippen LogP contribution in [0.5, 0.6) is 0 Å². The number of carbonyl (C=O) groups excluding carboxylic acids is 1. The minimum atomic E-state index is -0.969. The van der Waals surface area contributed by atoms with E-state index in [1.165, 1.54) is 0 Å². The molecule has 1 rings (SSSR count). The highest BCUT2D eigenvalue weighted by Gasteiger charge is 2.52. The van der Waals surface area contributed by atoms with E-state index in [9.17, 15) is 9.70 Å². The van der Waals surface area contributed by atoms with Gasteiger partial charge in [0.05, 0.1) is 37.7 Å². The molecule has 0 bridgehead atoms. The number of hydrogen-bond donors (Lipinski definition) is 3. The molecule has 1 saturated heterocycles. The summed E-state index contributed by atoms with van der Waals surface area (Å²) < 4.78 is 0. The molecule has 0 aromatic heterocycles. The van der Waals surface area contributed by atoms with Gasteiger partial charge in [-0.05, 0) is 5.12 Å². The van der Waals surface area contributed by atoms with E-state index in [1.54, 1.807) is 0 Å². The molecule has 1 aliphatic heterocycles. The number of hydrogen-bond acceptors (Lipinski definition) is 5. The molecule has 0 spiro atoms. The summed E-state index contributed by atoms with van der Waals surface area (Å²) in [6, 6.07) is -0.969. The van der Waals surface area contributed by atoms with Gasteiger partial charge in [-0.25, -0.2) is 0 Å². The molecule has 1 amide bonds. The monoisotopic (exact) mass is 234 g/mol. The Bertz CT molecular complexity index is 248. The number of rotatable bonds is 6. The van der Waals surface area contributed by atoms with Crippen LogP contribution in [0.1, 0.15) is 6.42 Å². The molecule has 1 fully saturated rings. The number of aliphatic hydroxyl groups is 3. The molecule has 0 aromatic rings. The summed E-state index contributed by atoms with van der Waals surface area (Å²) in [6.45, 7) is -0.834. The van der Waals surface area contributed by atoms with Gasteiger partial charge in [-0.3, -0.25) is 4.79 Å². The van der Waals surface area contributed by atoms with Crippen LogP contribution in [0.4, 0.5) is 0 Å². The Balaban J connectivity index is 2.80. The third-order valence-electron chi connectivity index (χ3n) is 2.33. The van der Waals surface area contributed by atoms with Crippen LogP contribution in [0, 0.1) is 4.91 Å². The lowest BCUT2D eigenvalue weighted by atomic mass is 10.2. The minimum Gasteiger partial charge on any atom is -0.396 e. The van der Waals surface area contributed by atoms with Gasteiger partial charge in [0.2, 0.25) is 0 Å². The Labute approximate surface area is 92.2 Å². The van der Waals surface area contributed by atoms with Gasteiger partial charge < -0.3 is 15.3 Å². The maximum atomic E-state index is 11.7. The normalized spacial score (nSPS) is 21.1. The minimum absolute atomic E-state index is 0.000494. The van der Waals surface area contributed by atoms with Gasteiger partial charge in [0.15, 0.2) is 4.87 Å². The van der Waals surface area contributed by atoms with E-state index < -0.39 is 11.9 Å². The molecule has 3 N–H and O–H groups in total. The summed E-state index contributed by atoms with van der Waals surface area (Å²) >= 11 is 0. The number of hydrazine groups is 2. The van der Waals surface area contributed by atoms with Crippen molar-refractivity contribution >= 4 is 5.91 Å². The van der Waals surface area contributed by atoms with Gasteiger partial charge >= 0.3 is 11.9 Å². The van der Waals surface area contributed by atoms with E-state index in [1.807, 2.05) is 0 Å². The fraction of sp³-hybridized carbons (Fsp3) is 0.875. The van der Waals surface area contributed by atoms with E-state index >= 15 is 0 Å². The molecule has 0 aromatic carbocycles. The first-order valence-electron chi connectivity index (χ1n) is 5.05. The number of carbonyl (C=O) groups is 1. The maximum Gasteiger partial charge on any atom is 0.322 e. The molecule has 1 unspecified atom stereocenters. The molecule has 0 aliphatic carbocycles. The third-order valence-corrected chi connectivity index (χ3v) is 2.33. The fourth-order valence-corrected chi connectivity index (χ4v) is 1.63. The second kappa shape index (κ2) is 5.73.